The van der Waals surface area contributed by atoms with Crippen molar-refractivity contribution in [3.05, 3.63) is 65.7 Å². The minimum Gasteiger partial charge on any atom is -0.359 e. The van der Waals surface area contributed by atoms with Crippen molar-refractivity contribution in [2.75, 3.05) is 26.7 Å². The maximum atomic E-state index is 14.6. The van der Waals surface area contributed by atoms with Crippen LogP contribution in [0.4, 0.5) is 4.39 Å². The highest BCUT2D eigenvalue weighted by atomic mass is 19.1. The van der Waals surface area contributed by atoms with Crippen molar-refractivity contribution in [2.45, 2.75) is 101 Å². The molecule has 7 rings (SSSR count). The molecule has 7 nitrogen and oxygen atoms in total. The van der Waals surface area contributed by atoms with Crippen molar-refractivity contribution in [3.8, 4) is 0 Å². The molecule has 0 spiro atoms. The number of imidazole rings is 1. The molecule has 5 atom stereocenters. The van der Waals surface area contributed by atoms with Crippen molar-refractivity contribution in [1.82, 2.24) is 24.7 Å². The second-order valence-corrected chi connectivity index (χ2v) is 14.2. The Morgan fingerprint density at radius 3 is 2.36 bits per heavy atom. The van der Waals surface area contributed by atoms with Crippen LogP contribution in [-0.2, 0) is 15.0 Å². The Kier molecular flexibility index (Phi) is 8.44. The Balaban J connectivity index is 1.06. The molecule has 4 heterocycles. The second-order valence-electron chi connectivity index (χ2n) is 14.2. The first-order valence-electron chi connectivity index (χ1n) is 17.3. The van der Waals surface area contributed by atoms with E-state index in [0.29, 0.717) is 31.2 Å². The number of hydrogen-bond acceptors (Lipinski definition) is 4. The second kappa shape index (κ2) is 12.5. The molecule has 3 aromatic rings. The number of benzene rings is 2. The number of fused-ring (bicyclic) bond motifs is 3. The predicted molar refractivity (Wildman–Crippen MR) is 174 cm³/mol. The summed E-state index contributed by atoms with van der Waals surface area (Å²) in [6.07, 6.45) is 10.9. The van der Waals surface area contributed by atoms with Gasteiger partial charge >= 0.3 is 0 Å². The lowest BCUT2D eigenvalue weighted by Gasteiger charge is -2.46. The number of piperidine rings is 2. The smallest absolute Gasteiger partial charge is 0.226 e. The summed E-state index contributed by atoms with van der Waals surface area (Å²) in [7, 11) is 1.67. The zero-order chi connectivity index (χ0) is 31.1. The maximum absolute atomic E-state index is 14.6. The molecule has 1 N–H and O–H groups in total. The average molecular weight is 614 g/mol. The predicted octanol–water partition coefficient (Wildman–Crippen LogP) is 6.15. The van der Waals surface area contributed by atoms with E-state index in [-0.39, 0.29) is 34.9 Å². The topological polar surface area (TPSA) is 70.5 Å². The zero-order valence-electron chi connectivity index (χ0n) is 26.9. The van der Waals surface area contributed by atoms with Gasteiger partial charge in [-0.2, -0.15) is 0 Å². The largest absolute Gasteiger partial charge is 0.359 e. The third kappa shape index (κ3) is 5.68. The Labute approximate surface area is 266 Å². The van der Waals surface area contributed by atoms with Crippen LogP contribution in [0.2, 0.25) is 0 Å². The fraction of sp³-hybridized carbons (Fsp3) is 0.595. The lowest BCUT2D eigenvalue weighted by atomic mass is 9.69. The van der Waals surface area contributed by atoms with Crippen LogP contribution in [0.3, 0.4) is 0 Å². The summed E-state index contributed by atoms with van der Waals surface area (Å²) in [5.74, 6) is 0.592. The monoisotopic (exact) mass is 613 g/mol. The number of aryl methyl sites for hydroxylation is 1. The number of nitrogens with zero attached hydrogens (tertiary/aromatic N) is 4. The maximum Gasteiger partial charge on any atom is 0.226 e. The average Bonchev–Trinajstić information content (AvgIpc) is 3.53. The van der Waals surface area contributed by atoms with Crippen LogP contribution >= 0.6 is 0 Å². The number of carbonyl (C=O) groups is 2. The van der Waals surface area contributed by atoms with E-state index in [0.717, 1.165) is 81.2 Å². The number of aromatic nitrogens is 2. The molecule has 2 bridgehead atoms. The van der Waals surface area contributed by atoms with E-state index in [9.17, 15) is 14.0 Å². The van der Waals surface area contributed by atoms with Crippen LogP contribution in [0.15, 0.2) is 48.5 Å². The number of para-hydroxylation sites is 2. The molecule has 1 saturated carbocycles. The van der Waals surface area contributed by atoms with Gasteiger partial charge in [-0.3, -0.25) is 14.5 Å². The summed E-state index contributed by atoms with van der Waals surface area (Å²) in [5, 5.41) is 2.79. The van der Waals surface area contributed by atoms with E-state index in [4.69, 9.17) is 4.98 Å². The molecule has 4 fully saturated rings. The lowest BCUT2D eigenvalue weighted by Crippen LogP contribution is -2.51. The molecule has 4 aliphatic rings. The van der Waals surface area contributed by atoms with E-state index in [1.54, 1.807) is 13.1 Å². The van der Waals surface area contributed by atoms with Gasteiger partial charge in [0.15, 0.2) is 0 Å². The number of carbonyl (C=O) groups excluding carboxylic acids is 2. The first-order chi connectivity index (χ1) is 21.9. The molecule has 3 saturated heterocycles. The zero-order valence-corrected chi connectivity index (χ0v) is 26.9. The molecule has 2 amide bonds. The van der Waals surface area contributed by atoms with E-state index < -0.39 is 0 Å². The summed E-state index contributed by atoms with van der Waals surface area (Å²) in [6, 6.07) is 17.3. The van der Waals surface area contributed by atoms with Crippen molar-refractivity contribution in [1.29, 1.82) is 0 Å². The molecule has 8 heteroatoms. The quantitative estimate of drug-likeness (QED) is 0.347. The van der Waals surface area contributed by atoms with E-state index in [2.05, 4.69) is 52.0 Å². The van der Waals surface area contributed by atoms with Gasteiger partial charge in [0, 0.05) is 50.1 Å². The van der Waals surface area contributed by atoms with E-state index in [1.165, 1.54) is 24.4 Å². The van der Waals surface area contributed by atoms with Crippen LogP contribution in [0, 0.1) is 24.6 Å². The van der Waals surface area contributed by atoms with E-state index >= 15 is 0 Å². The highest BCUT2D eigenvalue weighted by molar-refractivity contribution is 5.88. The van der Waals surface area contributed by atoms with Crippen molar-refractivity contribution in [3.63, 3.8) is 0 Å². The Morgan fingerprint density at radius 1 is 0.933 bits per heavy atom. The molecule has 1 aromatic heterocycles. The van der Waals surface area contributed by atoms with Gasteiger partial charge in [0.25, 0.3) is 0 Å². The van der Waals surface area contributed by atoms with Gasteiger partial charge in [-0.05, 0) is 106 Å². The summed E-state index contributed by atoms with van der Waals surface area (Å²) in [6.45, 7) is 4.46. The molecule has 1 aliphatic carbocycles. The van der Waals surface area contributed by atoms with Crippen molar-refractivity contribution >= 4 is 22.8 Å². The van der Waals surface area contributed by atoms with Gasteiger partial charge in [-0.1, -0.05) is 37.1 Å². The highest BCUT2D eigenvalue weighted by Crippen LogP contribution is 2.45. The first-order valence-corrected chi connectivity index (χ1v) is 17.3. The third-order valence-electron chi connectivity index (χ3n) is 12.0. The molecule has 45 heavy (non-hydrogen) atoms. The van der Waals surface area contributed by atoms with Gasteiger partial charge in [0.1, 0.15) is 11.6 Å². The number of halogens is 1. The van der Waals surface area contributed by atoms with Crippen molar-refractivity contribution < 1.29 is 14.0 Å². The summed E-state index contributed by atoms with van der Waals surface area (Å²) in [5.41, 5.74) is 3.23. The number of likely N-dealkylation sites (tertiary alicyclic amines) is 1. The van der Waals surface area contributed by atoms with Crippen LogP contribution in [0.5, 0.6) is 0 Å². The van der Waals surface area contributed by atoms with Gasteiger partial charge in [0.05, 0.1) is 11.0 Å². The normalized spacial score (nSPS) is 28.3. The highest BCUT2D eigenvalue weighted by Gasteiger charge is 2.45. The van der Waals surface area contributed by atoms with Crippen LogP contribution < -0.4 is 5.32 Å². The molecular formula is C37H48FN5O2. The Bertz CT molecular complexity index is 1530. The molecular weight excluding hydrogens is 565 g/mol. The minimum absolute atomic E-state index is 0.00560. The third-order valence-corrected chi connectivity index (χ3v) is 12.0. The Hall–Kier alpha value is -3.26. The van der Waals surface area contributed by atoms with Crippen LogP contribution in [0.1, 0.15) is 88.1 Å². The standard InChI is InChI=1S/C37H48FN5O2/c1-25-40-33-12-5-6-13-34(33)43(25)30-23-28-14-15-29(24-30)42(28)21-18-37(26-8-7-9-27(38)22-26)16-19-41(20-17-37)36(45)32-11-4-3-10-31(32)35(44)39-2/h5-9,12-13,22,28-32H,3-4,10-11,14-21,23-24H2,1-2H3,(H,39,44)/t28-,29+,30?,31?,32?. The minimum atomic E-state index is -0.228. The van der Waals surface area contributed by atoms with Gasteiger partial charge in [0.2, 0.25) is 11.8 Å². The number of amides is 2. The van der Waals surface area contributed by atoms with Crippen molar-refractivity contribution in [2.24, 2.45) is 11.8 Å². The molecule has 3 unspecified atom stereocenters. The number of rotatable bonds is 7. The van der Waals surface area contributed by atoms with E-state index in [1.807, 2.05) is 11.0 Å². The lowest BCUT2D eigenvalue weighted by molar-refractivity contribution is -0.145. The summed E-state index contributed by atoms with van der Waals surface area (Å²) >= 11 is 0. The molecule has 3 aliphatic heterocycles. The summed E-state index contributed by atoms with van der Waals surface area (Å²) in [4.78, 5) is 36.0. The molecule has 240 valence electrons. The fourth-order valence-corrected chi connectivity index (χ4v) is 9.61. The summed E-state index contributed by atoms with van der Waals surface area (Å²) < 4.78 is 17.1. The fourth-order valence-electron chi connectivity index (χ4n) is 9.61. The number of nitrogens with one attached hydrogen (secondary N) is 1. The molecule has 2 aromatic carbocycles. The Morgan fingerprint density at radius 2 is 1.64 bits per heavy atom. The SMILES string of the molecule is CNC(=O)C1CCCCC1C(=O)N1CCC(CCN2[C@@H]3CC[C@H]2CC(n2c(C)nc4ccccc42)C3)(c2cccc(F)c2)CC1. The van der Waals surface area contributed by atoms with Gasteiger partial charge in [-0.15, -0.1) is 0 Å². The van der Waals surface area contributed by atoms with Crippen LogP contribution in [-0.4, -0.2) is 69.9 Å². The van der Waals surface area contributed by atoms with Gasteiger partial charge < -0.3 is 14.8 Å². The number of hydrogen-bond donors (Lipinski definition) is 1. The molecule has 0 radical (unpaired) electrons. The first kappa shape index (κ1) is 30.4. The van der Waals surface area contributed by atoms with Crippen LogP contribution in [0.25, 0.3) is 11.0 Å². The van der Waals surface area contributed by atoms with Gasteiger partial charge in [-0.25, -0.2) is 9.37 Å².